The largest absolute Gasteiger partial charge is 0.374 e. The second-order valence-corrected chi connectivity index (χ2v) is 7.52. The minimum absolute atomic E-state index is 0.341. The molecule has 1 aliphatic rings. The van der Waals surface area contributed by atoms with Gasteiger partial charge in [-0.1, -0.05) is 6.92 Å². The van der Waals surface area contributed by atoms with Gasteiger partial charge in [-0.15, -0.1) is 0 Å². The maximum atomic E-state index is 12.1. The van der Waals surface area contributed by atoms with Gasteiger partial charge in [0.15, 0.2) is 0 Å². The normalized spacial score (nSPS) is 23.6. The molecular formula is C13H29N3O3S. The molecule has 0 aliphatic carbocycles. The standard InChI is InChI=1S/C13H29N3O3S/c1-4-8-14-9-6-10-16(3)20(17,18)15-12-13(2)7-5-11-19-13/h14-15H,4-12H2,1-3H3. The average molecular weight is 307 g/mol. The van der Waals surface area contributed by atoms with Crippen molar-refractivity contribution in [1.82, 2.24) is 14.3 Å². The third-order valence-corrected chi connectivity index (χ3v) is 5.10. The second kappa shape index (κ2) is 8.29. The van der Waals surface area contributed by atoms with Crippen LogP contribution in [0.5, 0.6) is 0 Å². The molecule has 1 saturated heterocycles. The highest BCUT2D eigenvalue weighted by Gasteiger charge is 2.31. The zero-order valence-electron chi connectivity index (χ0n) is 12.9. The quantitative estimate of drug-likeness (QED) is 0.583. The van der Waals surface area contributed by atoms with Gasteiger partial charge < -0.3 is 10.1 Å². The van der Waals surface area contributed by atoms with E-state index in [0.29, 0.717) is 13.1 Å². The summed E-state index contributed by atoms with van der Waals surface area (Å²) in [7, 11) is -1.79. The van der Waals surface area contributed by atoms with Crippen LogP contribution in [-0.2, 0) is 14.9 Å². The van der Waals surface area contributed by atoms with E-state index in [2.05, 4.69) is 17.0 Å². The summed E-state index contributed by atoms with van der Waals surface area (Å²) < 4.78 is 33.8. The first kappa shape index (κ1) is 17.8. The Morgan fingerprint density at radius 1 is 1.35 bits per heavy atom. The average Bonchev–Trinajstić information content (AvgIpc) is 2.84. The van der Waals surface area contributed by atoms with Crippen molar-refractivity contribution in [2.45, 2.75) is 45.1 Å². The molecule has 0 amide bonds. The first-order valence-corrected chi connectivity index (χ1v) is 8.89. The van der Waals surface area contributed by atoms with Crippen molar-refractivity contribution in [2.75, 3.05) is 39.8 Å². The van der Waals surface area contributed by atoms with Crippen LogP contribution in [0.1, 0.15) is 39.5 Å². The van der Waals surface area contributed by atoms with Gasteiger partial charge in [-0.2, -0.15) is 17.4 Å². The molecule has 1 rings (SSSR count). The zero-order valence-corrected chi connectivity index (χ0v) is 13.8. The summed E-state index contributed by atoms with van der Waals surface area (Å²) in [6.07, 6.45) is 3.80. The summed E-state index contributed by atoms with van der Waals surface area (Å²) in [6.45, 7) is 7.46. The topological polar surface area (TPSA) is 70.7 Å². The van der Waals surface area contributed by atoms with Crippen molar-refractivity contribution in [1.29, 1.82) is 0 Å². The van der Waals surface area contributed by atoms with Crippen molar-refractivity contribution in [3.05, 3.63) is 0 Å². The third kappa shape index (κ3) is 6.05. The minimum atomic E-state index is -3.40. The Labute approximate surface area is 123 Å². The van der Waals surface area contributed by atoms with E-state index in [4.69, 9.17) is 4.74 Å². The number of hydrogen-bond donors (Lipinski definition) is 2. The number of nitrogens with one attached hydrogen (secondary N) is 2. The summed E-state index contributed by atoms with van der Waals surface area (Å²) in [6, 6.07) is 0. The lowest BCUT2D eigenvalue weighted by molar-refractivity contribution is 0.0248. The molecule has 120 valence electrons. The number of rotatable bonds is 10. The fourth-order valence-corrected chi connectivity index (χ4v) is 3.26. The number of hydrogen-bond acceptors (Lipinski definition) is 4. The van der Waals surface area contributed by atoms with E-state index in [1.807, 2.05) is 6.92 Å². The van der Waals surface area contributed by atoms with E-state index >= 15 is 0 Å². The molecule has 0 aromatic rings. The Morgan fingerprint density at radius 3 is 2.70 bits per heavy atom. The van der Waals surface area contributed by atoms with Crippen LogP contribution in [-0.4, -0.2) is 58.2 Å². The SMILES string of the molecule is CCCNCCCN(C)S(=O)(=O)NCC1(C)CCCO1. The van der Waals surface area contributed by atoms with Crippen LogP contribution in [0.4, 0.5) is 0 Å². The highest BCUT2D eigenvalue weighted by Crippen LogP contribution is 2.24. The fraction of sp³-hybridized carbons (Fsp3) is 1.00. The van der Waals surface area contributed by atoms with Crippen molar-refractivity contribution in [3.63, 3.8) is 0 Å². The van der Waals surface area contributed by atoms with E-state index in [0.717, 1.165) is 45.4 Å². The Balaban J connectivity index is 2.28. The molecule has 0 aromatic carbocycles. The second-order valence-electron chi connectivity index (χ2n) is 5.65. The van der Waals surface area contributed by atoms with E-state index in [-0.39, 0.29) is 5.60 Å². The molecule has 0 bridgehead atoms. The Hall–Kier alpha value is -0.210. The minimum Gasteiger partial charge on any atom is -0.374 e. The smallest absolute Gasteiger partial charge is 0.279 e. The van der Waals surface area contributed by atoms with Crippen LogP contribution < -0.4 is 10.0 Å². The van der Waals surface area contributed by atoms with E-state index in [1.54, 1.807) is 7.05 Å². The van der Waals surface area contributed by atoms with Gasteiger partial charge >= 0.3 is 0 Å². The predicted octanol–water partition coefficient (Wildman–Crippen LogP) is 0.711. The van der Waals surface area contributed by atoms with Gasteiger partial charge in [-0.25, -0.2) is 0 Å². The van der Waals surface area contributed by atoms with Crippen LogP contribution in [0.25, 0.3) is 0 Å². The van der Waals surface area contributed by atoms with Crippen LogP contribution >= 0.6 is 0 Å². The first-order chi connectivity index (χ1) is 9.40. The first-order valence-electron chi connectivity index (χ1n) is 7.45. The summed E-state index contributed by atoms with van der Waals surface area (Å²) in [5.41, 5.74) is -0.351. The van der Waals surface area contributed by atoms with Crippen LogP contribution in [0.3, 0.4) is 0 Å². The van der Waals surface area contributed by atoms with Crippen LogP contribution in [0.15, 0.2) is 0 Å². The van der Waals surface area contributed by atoms with Crippen LogP contribution in [0.2, 0.25) is 0 Å². The Bertz CT molecular complexity index is 367. The summed E-state index contributed by atoms with van der Waals surface area (Å²) in [5, 5.41) is 3.26. The lowest BCUT2D eigenvalue weighted by atomic mass is 10.0. The van der Waals surface area contributed by atoms with E-state index < -0.39 is 10.2 Å². The van der Waals surface area contributed by atoms with E-state index in [1.165, 1.54) is 4.31 Å². The van der Waals surface area contributed by atoms with Gasteiger partial charge in [-0.3, -0.25) is 0 Å². The van der Waals surface area contributed by atoms with Crippen molar-refractivity contribution < 1.29 is 13.2 Å². The van der Waals surface area contributed by atoms with Gasteiger partial charge in [0.25, 0.3) is 10.2 Å². The highest BCUT2D eigenvalue weighted by molar-refractivity contribution is 7.87. The van der Waals surface area contributed by atoms with Gasteiger partial charge in [0.2, 0.25) is 0 Å². The maximum absolute atomic E-state index is 12.1. The molecule has 1 atom stereocenters. The number of ether oxygens (including phenoxy) is 1. The molecule has 0 radical (unpaired) electrons. The molecule has 0 saturated carbocycles. The van der Waals surface area contributed by atoms with Gasteiger partial charge in [0.1, 0.15) is 0 Å². The molecule has 20 heavy (non-hydrogen) atoms. The lowest BCUT2D eigenvalue weighted by Gasteiger charge is -2.25. The molecule has 1 fully saturated rings. The maximum Gasteiger partial charge on any atom is 0.279 e. The van der Waals surface area contributed by atoms with Crippen molar-refractivity contribution >= 4 is 10.2 Å². The fourth-order valence-electron chi connectivity index (χ4n) is 2.18. The lowest BCUT2D eigenvalue weighted by Crippen LogP contribution is -2.46. The van der Waals surface area contributed by atoms with E-state index in [9.17, 15) is 8.42 Å². The van der Waals surface area contributed by atoms with Crippen molar-refractivity contribution in [3.8, 4) is 0 Å². The zero-order chi connectivity index (χ0) is 15.1. The molecular weight excluding hydrogens is 278 g/mol. The van der Waals surface area contributed by atoms with Crippen molar-refractivity contribution in [2.24, 2.45) is 0 Å². The molecule has 1 aliphatic heterocycles. The van der Waals surface area contributed by atoms with Gasteiger partial charge in [0.05, 0.1) is 5.60 Å². The number of nitrogens with zero attached hydrogens (tertiary/aromatic N) is 1. The van der Waals surface area contributed by atoms with Gasteiger partial charge in [0, 0.05) is 26.7 Å². The Kier molecular flexibility index (Phi) is 7.39. The summed E-state index contributed by atoms with van der Waals surface area (Å²) in [4.78, 5) is 0. The summed E-state index contributed by atoms with van der Waals surface area (Å²) >= 11 is 0. The molecule has 0 spiro atoms. The Morgan fingerprint density at radius 2 is 2.10 bits per heavy atom. The van der Waals surface area contributed by atoms with Gasteiger partial charge in [-0.05, 0) is 45.7 Å². The molecule has 7 heteroatoms. The third-order valence-electron chi connectivity index (χ3n) is 3.59. The molecule has 2 N–H and O–H groups in total. The molecule has 1 heterocycles. The molecule has 6 nitrogen and oxygen atoms in total. The predicted molar refractivity (Wildman–Crippen MR) is 80.9 cm³/mol. The van der Waals surface area contributed by atoms with Crippen LogP contribution in [0, 0.1) is 0 Å². The highest BCUT2D eigenvalue weighted by atomic mass is 32.2. The molecule has 0 aromatic heterocycles. The molecule has 1 unspecified atom stereocenters. The monoisotopic (exact) mass is 307 g/mol. The summed E-state index contributed by atoms with van der Waals surface area (Å²) in [5.74, 6) is 0.